The van der Waals surface area contributed by atoms with Gasteiger partial charge in [0.1, 0.15) is 11.5 Å². The minimum absolute atomic E-state index is 0.308. The molecule has 0 saturated heterocycles. The molecule has 1 unspecified atom stereocenters. The van der Waals surface area contributed by atoms with Crippen molar-refractivity contribution in [1.82, 2.24) is 0 Å². The molecule has 2 heteroatoms. The monoisotopic (exact) mass is 390 g/mol. The summed E-state index contributed by atoms with van der Waals surface area (Å²) in [5.74, 6) is 2.66. The third-order valence-electron chi connectivity index (χ3n) is 6.39. The van der Waals surface area contributed by atoms with Crippen LogP contribution in [0.1, 0.15) is 81.4 Å². The standard InChI is InChI=1S/C27H34O2/c1-3-6-20(2)21-9-12-24(13-10-21)28-25-15-17-26(18-16-25)29-27-14-11-22-7-4-5-8-23(22)19-27/h4,7,9-14,19-20,25-26H,3,5-6,8,15-18H2,1-2H3. The van der Waals surface area contributed by atoms with E-state index in [0.717, 1.165) is 50.0 Å². The van der Waals surface area contributed by atoms with Crippen LogP contribution < -0.4 is 9.47 Å². The zero-order valence-electron chi connectivity index (χ0n) is 17.9. The van der Waals surface area contributed by atoms with E-state index in [0.29, 0.717) is 18.1 Å². The highest BCUT2D eigenvalue weighted by Gasteiger charge is 2.24. The van der Waals surface area contributed by atoms with E-state index in [2.05, 4.69) is 68.5 Å². The Hall–Kier alpha value is -2.22. The van der Waals surface area contributed by atoms with Crippen LogP contribution in [-0.2, 0) is 6.42 Å². The third-order valence-corrected chi connectivity index (χ3v) is 6.39. The van der Waals surface area contributed by atoms with Crippen LogP contribution in [0.5, 0.6) is 11.5 Å². The minimum atomic E-state index is 0.308. The van der Waals surface area contributed by atoms with Crippen molar-refractivity contribution in [2.24, 2.45) is 0 Å². The highest BCUT2D eigenvalue weighted by atomic mass is 16.5. The zero-order valence-corrected chi connectivity index (χ0v) is 17.9. The Kier molecular flexibility index (Phi) is 6.59. The van der Waals surface area contributed by atoms with Gasteiger partial charge in [0, 0.05) is 0 Å². The fraction of sp³-hybridized carbons (Fsp3) is 0.481. The maximum atomic E-state index is 6.31. The van der Waals surface area contributed by atoms with E-state index in [1.807, 2.05) is 0 Å². The molecule has 0 radical (unpaired) electrons. The average molecular weight is 391 g/mol. The van der Waals surface area contributed by atoms with Crippen LogP contribution in [0.3, 0.4) is 0 Å². The first kappa shape index (κ1) is 20.1. The van der Waals surface area contributed by atoms with Crippen molar-refractivity contribution in [1.29, 1.82) is 0 Å². The molecular formula is C27H34O2. The van der Waals surface area contributed by atoms with E-state index >= 15 is 0 Å². The molecule has 0 aromatic heterocycles. The Morgan fingerprint density at radius 2 is 1.55 bits per heavy atom. The van der Waals surface area contributed by atoms with Crippen LogP contribution in [0.2, 0.25) is 0 Å². The van der Waals surface area contributed by atoms with Gasteiger partial charge in [-0.15, -0.1) is 0 Å². The van der Waals surface area contributed by atoms with Gasteiger partial charge in [0.2, 0.25) is 0 Å². The van der Waals surface area contributed by atoms with Gasteiger partial charge in [-0.25, -0.2) is 0 Å². The van der Waals surface area contributed by atoms with Gasteiger partial charge >= 0.3 is 0 Å². The van der Waals surface area contributed by atoms with Gasteiger partial charge in [0.25, 0.3) is 0 Å². The number of benzene rings is 2. The number of rotatable bonds is 7. The van der Waals surface area contributed by atoms with Crippen LogP contribution in [0.4, 0.5) is 0 Å². The third kappa shape index (κ3) is 5.23. The molecule has 0 spiro atoms. The number of ether oxygens (including phenoxy) is 2. The van der Waals surface area contributed by atoms with Crippen molar-refractivity contribution in [2.45, 2.75) is 83.3 Å². The number of fused-ring (bicyclic) bond motifs is 1. The summed E-state index contributed by atoms with van der Waals surface area (Å²) in [6.07, 6.45) is 14.1. The number of hydrogen-bond donors (Lipinski definition) is 0. The molecule has 0 heterocycles. The zero-order chi connectivity index (χ0) is 20.1. The van der Waals surface area contributed by atoms with Crippen molar-refractivity contribution < 1.29 is 9.47 Å². The largest absolute Gasteiger partial charge is 0.490 e. The quantitative estimate of drug-likeness (QED) is 0.493. The highest BCUT2D eigenvalue weighted by Crippen LogP contribution is 2.30. The summed E-state index contributed by atoms with van der Waals surface area (Å²) in [5.41, 5.74) is 4.17. The van der Waals surface area contributed by atoms with Crippen LogP contribution >= 0.6 is 0 Å². The molecule has 0 amide bonds. The fourth-order valence-electron chi connectivity index (χ4n) is 4.61. The Balaban J connectivity index is 1.26. The normalized spacial score (nSPS) is 22.0. The molecule has 29 heavy (non-hydrogen) atoms. The smallest absolute Gasteiger partial charge is 0.120 e. The minimum Gasteiger partial charge on any atom is -0.490 e. The lowest BCUT2D eigenvalue weighted by Gasteiger charge is -2.29. The molecule has 0 bridgehead atoms. The van der Waals surface area contributed by atoms with Gasteiger partial charge in [-0.05, 0) is 91.8 Å². The predicted molar refractivity (Wildman–Crippen MR) is 121 cm³/mol. The fourth-order valence-corrected chi connectivity index (χ4v) is 4.61. The molecule has 1 atom stereocenters. The summed E-state index contributed by atoms with van der Waals surface area (Å²) in [7, 11) is 0. The summed E-state index contributed by atoms with van der Waals surface area (Å²) >= 11 is 0. The topological polar surface area (TPSA) is 18.5 Å². The molecule has 1 saturated carbocycles. The van der Waals surface area contributed by atoms with E-state index in [4.69, 9.17) is 9.47 Å². The summed E-state index contributed by atoms with van der Waals surface area (Å²) in [6.45, 7) is 4.55. The van der Waals surface area contributed by atoms with Gasteiger partial charge in [-0.2, -0.15) is 0 Å². The number of hydrogen-bond acceptors (Lipinski definition) is 2. The van der Waals surface area contributed by atoms with Crippen molar-refractivity contribution in [3.8, 4) is 11.5 Å². The molecule has 2 aliphatic carbocycles. The first-order valence-corrected chi connectivity index (χ1v) is 11.4. The molecule has 2 nitrogen and oxygen atoms in total. The lowest BCUT2D eigenvalue weighted by molar-refractivity contribution is 0.0806. The first-order valence-electron chi connectivity index (χ1n) is 11.4. The van der Waals surface area contributed by atoms with Crippen molar-refractivity contribution in [3.63, 3.8) is 0 Å². The Labute approximate surface area is 175 Å². The highest BCUT2D eigenvalue weighted by molar-refractivity contribution is 5.57. The Morgan fingerprint density at radius 1 is 0.897 bits per heavy atom. The lowest BCUT2D eigenvalue weighted by Crippen LogP contribution is -2.30. The van der Waals surface area contributed by atoms with Gasteiger partial charge < -0.3 is 9.47 Å². The van der Waals surface area contributed by atoms with Gasteiger partial charge in [-0.1, -0.05) is 50.6 Å². The molecule has 0 aliphatic heterocycles. The molecule has 0 N–H and O–H groups in total. The van der Waals surface area contributed by atoms with Crippen molar-refractivity contribution >= 4 is 6.08 Å². The average Bonchev–Trinajstić information content (AvgIpc) is 2.76. The Morgan fingerprint density at radius 3 is 2.24 bits per heavy atom. The van der Waals surface area contributed by atoms with Crippen molar-refractivity contribution in [2.75, 3.05) is 0 Å². The maximum Gasteiger partial charge on any atom is 0.120 e. The van der Waals surface area contributed by atoms with Crippen molar-refractivity contribution in [3.05, 3.63) is 65.2 Å². The van der Waals surface area contributed by atoms with E-state index in [-0.39, 0.29) is 0 Å². The summed E-state index contributed by atoms with van der Waals surface area (Å²) in [4.78, 5) is 0. The Bertz CT molecular complexity index is 813. The molecule has 1 fully saturated rings. The molecular weight excluding hydrogens is 356 g/mol. The second-order valence-electron chi connectivity index (χ2n) is 8.69. The van der Waals surface area contributed by atoms with E-state index in [9.17, 15) is 0 Å². The van der Waals surface area contributed by atoms with Crippen LogP contribution in [0.25, 0.3) is 6.08 Å². The van der Waals surface area contributed by atoms with Crippen LogP contribution in [0.15, 0.2) is 48.5 Å². The van der Waals surface area contributed by atoms with Gasteiger partial charge in [0.15, 0.2) is 0 Å². The van der Waals surface area contributed by atoms with E-state index < -0.39 is 0 Å². The van der Waals surface area contributed by atoms with Gasteiger partial charge in [0.05, 0.1) is 12.2 Å². The second-order valence-corrected chi connectivity index (χ2v) is 8.69. The number of aryl methyl sites for hydroxylation is 1. The summed E-state index contributed by atoms with van der Waals surface area (Å²) < 4.78 is 12.6. The first-order chi connectivity index (χ1) is 14.2. The molecule has 2 aromatic rings. The molecule has 4 rings (SSSR count). The molecule has 2 aromatic carbocycles. The predicted octanol–water partition coefficient (Wildman–Crippen LogP) is 7.32. The van der Waals surface area contributed by atoms with Crippen LogP contribution in [-0.4, -0.2) is 12.2 Å². The van der Waals surface area contributed by atoms with Crippen LogP contribution in [0, 0.1) is 0 Å². The molecule has 154 valence electrons. The van der Waals surface area contributed by atoms with E-state index in [1.165, 1.54) is 29.5 Å². The summed E-state index contributed by atoms with van der Waals surface area (Å²) in [5, 5.41) is 0. The SMILES string of the molecule is CCCC(C)c1ccc(OC2CCC(Oc3ccc4c(c3)CCC=C4)CC2)cc1. The van der Waals surface area contributed by atoms with Gasteiger partial charge in [-0.3, -0.25) is 0 Å². The maximum absolute atomic E-state index is 6.31. The summed E-state index contributed by atoms with van der Waals surface area (Å²) in [6, 6.07) is 15.3. The second kappa shape index (κ2) is 9.52. The number of allylic oxidation sites excluding steroid dienone is 1. The van der Waals surface area contributed by atoms with E-state index in [1.54, 1.807) is 0 Å². The molecule has 2 aliphatic rings. The lowest BCUT2D eigenvalue weighted by atomic mass is 9.94.